The number of carbonyl (C=O) groups is 2. The van der Waals surface area contributed by atoms with Crippen LogP contribution in [0.3, 0.4) is 0 Å². The Morgan fingerprint density at radius 3 is 2.54 bits per heavy atom. The number of aromatic amines is 1. The number of rotatable bonds is 4. The Hall–Kier alpha value is -3.74. The van der Waals surface area contributed by atoms with Crippen LogP contribution in [-0.4, -0.2) is 28.9 Å². The highest BCUT2D eigenvalue weighted by atomic mass is 35.5. The molecule has 5 rings (SSSR count). The van der Waals surface area contributed by atoms with Crippen LogP contribution in [0.5, 0.6) is 5.75 Å². The molecule has 1 aromatic heterocycles. The number of aryl methyl sites for hydroxylation is 1. The lowest BCUT2D eigenvalue weighted by molar-refractivity contribution is -0.132. The lowest BCUT2D eigenvalue weighted by Gasteiger charge is -2.25. The van der Waals surface area contributed by atoms with Gasteiger partial charge in [-0.15, -0.1) is 0 Å². The Bertz CT molecular complexity index is 1540. The molecule has 176 valence electrons. The number of H-pyrrole nitrogens is 1. The summed E-state index contributed by atoms with van der Waals surface area (Å²) in [6, 6.07) is 16.5. The molecule has 3 aromatic carbocycles. The van der Waals surface area contributed by atoms with Gasteiger partial charge in [0.25, 0.3) is 11.7 Å². The van der Waals surface area contributed by atoms with Crippen LogP contribution in [0.4, 0.5) is 5.69 Å². The second-order valence-electron chi connectivity index (χ2n) is 8.24. The lowest BCUT2D eigenvalue weighted by Crippen LogP contribution is -2.29. The van der Waals surface area contributed by atoms with E-state index >= 15 is 0 Å². The summed E-state index contributed by atoms with van der Waals surface area (Å²) in [7, 11) is 1.46. The molecule has 1 atom stereocenters. The number of para-hydroxylation sites is 1. The zero-order chi connectivity index (χ0) is 24.9. The molecule has 35 heavy (non-hydrogen) atoms. The number of ether oxygens (including phenoxy) is 1. The monoisotopic (exact) mass is 506 g/mol. The van der Waals surface area contributed by atoms with Crippen molar-refractivity contribution in [2.45, 2.75) is 13.0 Å². The third-order valence-corrected chi connectivity index (χ3v) is 6.94. The van der Waals surface area contributed by atoms with Crippen molar-refractivity contribution in [3.8, 4) is 5.75 Å². The summed E-state index contributed by atoms with van der Waals surface area (Å²) in [5, 5.41) is 13.0. The van der Waals surface area contributed by atoms with E-state index in [1.54, 1.807) is 36.5 Å². The number of hydrogen-bond donors (Lipinski definition) is 2. The molecule has 1 fully saturated rings. The summed E-state index contributed by atoms with van der Waals surface area (Å²) in [4.78, 5) is 31.4. The summed E-state index contributed by atoms with van der Waals surface area (Å²) >= 11 is 12.5. The number of aromatic nitrogens is 1. The minimum absolute atomic E-state index is 0.0409. The molecule has 2 N–H and O–H groups in total. The van der Waals surface area contributed by atoms with Gasteiger partial charge in [-0.1, -0.05) is 47.5 Å². The first kappa shape index (κ1) is 23.0. The summed E-state index contributed by atoms with van der Waals surface area (Å²) in [5.74, 6) is -1.56. The number of halogens is 2. The van der Waals surface area contributed by atoms with Crippen molar-refractivity contribution in [1.29, 1.82) is 0 Å². The van der Waals surface area contributed by atoms with E-state index in [4.69, 9.17) is 27.9 Å². The number of ketones is 1. The molecule has 0 aliphatic carbocycles. The molecule has 0 spiro atoms. The molecule has 0 saturated carbocycles. The summed E-state index contributed by atoms with van der Waals surface area (Å²) < 4.78 is 5.27. The number of benzene rings is 3. The summed E-state index contributed by atoms with van der Waals surface area (Å²) in [5.41, 5.74) is 3.05. The van der Waals surface area contributed by atoms with Crippen LogP contribution in [0.1, 0.15) is 22.7 Å². The average Bonchev–Trinajstić information content (AvgIpc) is 3.39. The van der Waals surface area contributed by atoms with Crippen LogP contribution in [-0.2, 0) is 9.59 Å². The van der Waals surface area contributed by atoms with E-state index in [2.05, 4.69) is 4.98 Å². The molecular formula is C27H20Cl2N2O4. The van der Waals surface area contributed by atoms with Crippen molar-refractivity contribution in [2.24, 2.45) is 0 Å². The van der Waals surface area contributed by atoms with Gasteiger partial charge < -0.3 is 14.8 Å². The number of carbonyl (C=O) groups excluding carboxylic acids is 2. The first-order chi connectivity index (χ1) is 16.8. The van der Waals surface area contributed by atoms with Crippen LogP contribution < -0.4 is 9.64 Å². The SMILES string of the molecule is COc1cc(/C(O)=C2\C(=O)C(=O)N(c3ccc(C)c(Cl)c3)C2c2c[nH]c3ccccc23)ccc1Cl. The molecule has 1 saturated heterocycles. The van der Waals surface area contributed by atoms with Gasteiger partial charge in [-0.3, -0.25) is 14.5 Å². The van der Waals surface area contributed by atoms with E-state index < -0.39 is 17.7 Å². The quantitative estimate of drug-likeness (QED) is 0.190. The first-order valence-corrected chi connectivity index (χ1v) is 11.5. The van der Waals surface area contributed by atoms with Crippen molar-refractivity contribution in [1.82, 2.24) is 4.98 Å². The van der Waals surface area contributed by atoms with Crippen LogP contribution in [0.2, 0.25) is 10.0 Å². The second-order valence-corrected chi connectivity index (χ2v) is 9.06. The van der Waals surface area contributed by atoms with Gasteiger partial charge in [0, 0.05) is 38.9 Å². The maximum Gasteiger partial charge on any atom is 0.300 e. The fraction of sp³-hybridized carbons (Fsp3) is 0.111. The minimum Gasteiger partial charge on any atom is -0.507 e. The van der Waals surface area contributed by atoms with Gasteiger partial charge in [-0.25, -0.2) is 0 Å². The zero-order valence-corrected chi connectivity index (χ0v) is 20.3. The number of nitrogens with one attached hydrogen (secondary N) is 1. The van der Waals surface area contributed by atoms with E-state index in [0.29, 0.717) is 32.6 Å². The standard InChI is InChI=1S/C27H20Cl2N2O4/c1-14-7-9-16(12-20(14)29)31-24(18-13-30-21-6-4-3-5-17(18)21)23(26(33)27(31)34)25(32)15-8-10-19(28)22(11-15)35-2/h3-13,24,30,32H,1-2H3/b25-23+. The predicted molar refractivity (Wildman–Crippen MR) is 137 cm³/mol. The highest BCUT2D eigenvalue weighted by Gasteiger charge is 2.47. The molecule has 4 aromatic rings. The number of Topliss-reactive ketones (excluding diaryl/α,β-unsaturated/α-hetero) is 1. The summed E-state index contributed by atoms with van der Waals surface area (Å²) in [6.07, 6.45) is 1.75. The van der Waals surface area contributed by atoms with E-state index in [1.807, 2.05) is 31.2 Å². The third kappa shape index (κ3) is 3.75. The molecule has 1 unspecified atom stereocenters. The zero-order valence-electron chi connectivity index (χ0n) is 18.8. The molecule has 2 heterocycles. The third-order valence-electron chi connectivity index (χ3n) is 6.22. The van der Waals surface area contributed by atoms with E-state index in [1.165, 1.54) is 18.1 Å². The van der Waals surface area contributed by atoms with Crippen molar-refractivity contribution in [3.05, 3.63) is 99.2 Å². The van der Waals surface area contributed by atoms with Crippen molar-refractivity contribution in [2.75, 3.05) is 12.0 Å². The van der Waals surface area contributed by atoms with E-state index in [-0.39, 0.29) is 11.3 Å². The van der Waals surface area contributed by atoms with Gasteiger partial charge >= 0.3 is 0 Å². The van der Waals surface area contributed by atoms with Crippen molar-refractivity contribution in [3.63, 3.8) is 0 Å². The van der Waals surface area contributed by atoms with Gasteiger partial charge in [0.05, 0.1) is 23.7 Å². The Labute approximate surface area is 211 Å². The van der Waals surface area contributed by atoms with Gasteiger partial charge in [0.2, 0.25) is 0 Å². The van der Waals surface area contributed by atoms with Gasteiger partial charge in [-0.2, -0.15) is 0 Å². The Balaban J connectivity index is 1.78. The fourth-order valence-electron chi connectivity index (χ4n) is 4.41. The average molecular weight is 507 g/mol. The fourth-order valence-corrected chi connectivity index (χ4v) is 4.78. The largest absolute Gasteiger partial charge is 0.507 e. The van der Waals surface area contributed by atoms with Crippen LogP contribution in [0, 0.1) is 6.92 Å². The minimum atomic E-state index is -0.897. The van der Waals surface area contributed by atoms with Crippen LogP contribution >= 0.6 is 23.2 Å². The number of methoxy groups -OCH3 is 1. The van der Waals surface area contributed by atoms with E-state index in [9.17, 15) is 14.7 Å². The maximum atomic E-state index is 13.4. The number of anilines is 1. The van der Waals surface area contributed by atoms with Gasteiger partial charge in [0.1, 0.15) is 11.5 Å². The Morgan fingerprint density at radius 2 is 1.80 bits per heavy atom. The molecule has 8 heteroatoms. The number of aliphatic hydroxyl groups excluding tert-OH is 1. The molecular weight excluding hydrogens is 487 g/mol. The number of amides is 1. The number of nitrogens with zero attached hydrogens (tertiary/aromatic N) is 1. The molecule has 1 aliphatic rings. The molecule has 1 amide bonds. The van der Waals surface area contributed by atoms with E-state index in [0.717, 1.165) is 16.5 Å². The summed E-state index contributed by atoms with van der Waals surface area (Å²) in [6.45, 7) is 1.85. The molecule has 0 bridgehead atoms. The van der Waals surface area contributed by atoms with Crippen molar-refractivity contribution >= 4 is 57.2 Å². The van der Waals surface area contributed by atoms with Gasteiger partial charge in [0.15, 0.2) is 0 Å². The second kappa shape index (κ2) is 8.80. The lowest BCUT2D eigenvalue weighted by atomic mass is 9.94. The topological polar surface area (TPSA) is 82.6 Å². The number of fused-ring (bicyclic) bond motifs is 1. The van der Waals surface area contributed by atoms with Crippen molar-refractivity contribution < 1.29 is 19.4 Å². The maximum absolute atomic E-state index is 13.4. The molecule has 6 nitrogen and oxygen atoms in total. The van der Waals surface area contributed by atoms with Crippen LogP contribution in [0.25, 0.3) is 16.7 Å². The smallest absolute Gasteiger partial charge is 0.300 e. The van der Waals surface area contributed by atoms with Crippen LogP contribution in [0.15, 0.2) is 72.4 Å². The normalized spacial score (nSPS) is 17.4. The highest BCUT2D eigenvalue weighted by Crippen LogP contribution is 2.45. The molecule has 1 aliphatic heterocycles. The molecule has 0 radical (unpaired) electrons. The highest BCUT2D eigenvalue weighted by molar-refractivity contribution is 6.52. The first-order valence-electron chi connectivity index (χ1n) is 10.8. The number of hydrogen-bond acceptors (Lipinski definition) is 4. The Morgan fingerprint density at radius 1 is 1.03 bits per heavy atom. The Kier molecular flexibility index (Phi) is 5.79. The number of aliphatic hydroxyl groups is 1. The van der Waals surface area contributed by atoms with Gasteiger partial charge in [-0.05, 0) is 48.9 Å². The predicted octanol–water partition coefficient (Wildman–Crippen LogP) is 6.42.